The van der Waals surface area contributed by atoms with E-state index in [-0.39, 0.29) is 4.90 Å². The third-order valence-electron chi connectivity index (χ3n) is 2.88. The fraction of sp³-hybridized carbons (Fsp3) is 0.143. The zero-order chi connectivity index (χ0) is 15.4. The van der Waals surface area contributed by atoms with E-state index in [0.717, 1.165) is 30.0 Å². The van der Waals surface area contributed by atoms with Gasteiger partial charge in [0.1, 0.15) is 17.4 Å². The minimum absolute atomic E-state index is 0.187. The average molecular weight is 310 g/mol. The summed E-state index contributed by atoms with van der Waals surface area (Å²) in [6.07, 6.45) is 0. The van der Waals surface area contributed by atoms with Crippen molar-refractivity contribution < 1.29 is 23.6 Å². The number of benzene rings is 2. The maximum atomic E-state index is 13.6. The summed E-state index contributed by atoms with van der Waals surface area (Å²) in [5.74, 6) is -0.155. The van der Waals surface area contributed by atoms with Crippen molar-refractivity contribution in [3.63, 3.8) is 0 Å². The van der Waals surface area contributed by atoms with Crippen LogP contribution < -0.4 is 10.2 Å². The standard InChI is InChI=1S/C14H13BF2O3S/c1-20-13-5-2-10(15(18)19)6-9(13)8-21-14-7-11(16)3-4-12(14)17/h2-7,18-19H,8H2,1H3. The molecule has 0 bridgehead atoms. The van der Waals surface area contributed by atoms with Gasteiger partial charge in [0.2, 0.25) is 0 Å². The number of hydrogen-bond donors (Lipinski definition) is 2. The van der Waals surface area contributed by atoms with Gasteiger partial charge in [-0.05, 0) is 29.7 Å². The minimum Gasteiger partial charge on any atom is -0.496 e. The van der Waals surface area contributed by atoms with E-state index >= 15 is 0 Å². The number of rotatable bonds is 5. The van der Waals surface area contributed by atoms with Crippen LogP contribution in [0.1, 0.15) is 5.56 Å². The zero-order valence-corrected chi connectivity index (χ0v) is 12.0. The summed E-state index contributed by atoms with van der Waals surface area (Å²) >= 11 is 1.11. The SMILES string of the molecule is COc1ccc(B(O)O)cc1CSc1cc(F)ccc1F. The Morgan fingerprint density at radius 2 is 1.90 bits per heavy atom. The highest BCUT2D eigenvalue weighted by atomic mass is 32.2. The van der Waals surface area contributed by atoms with Crippen LogP contribution in [0.3, 0.4) is 0 Å². The Hall–Kier alpha value is -1.57. The highest BCUT2D eigenvalue weighted by Gasteiger charge is 2.14. The lowest BCUT2D eigenvalue weighted by molar-refractivity contribution is 0.410. The molecule has 0 atom stereocenters. The van der Waals surface area contributed by atoms with Gasteiger partial charge in [-0.15, -0.1) is 11.8 Å². The van der Waals surface area contributed by atoms with E-state index in [1.807, 2.05) is 0 Å². The fourth-order valence-corrected chi connectivity index (χ4v) is 2.75. The first-order valence-electron chi connectivity index (χ1n) is 6.12. The van der Waals surface area contributed by atoms with Crippen LogP contribution in [-0.4, -0.2) is 24.3 Å². The topological polar surface area (TPSA) is 49.7 Å². The molecule has 2 aromatic rings. The van der Waals surface area contributed by atoms with E-state index in [1.165, 1.54) is 13.2 Å². The van der Waals surface area contributed by atoms with E-state index in [4.69, 9.17) is 4.74 Å². The molecule has 3 nitrogen and oxygen atoms in total. The Balaban J connectivity index is 2.22. The summed E-state index contributed by atoms with van der Waals surface area (Å²) in [6.45, 7) is 0. The van der Waals surface area contributed by atoms with Crippen LogP contribution in [0.4, 0.5) is 8.78 Å². The van der Waals surface area contributed by atoms with Gasteiger partial charge < -0.3 is 14.8 Å². The Bertz CT molecular complexity index is 638. The molecule has 0 fully saturated rings. The maximum absolute atomic E-state index is 13.6. The molecule has 0 unspecified atom stereocenters. The van der Waals surface area contributed by atoms with Gasteiger partial charge in [-0.1, -0.05) is 12.1 Å². The molecule has 7 heteroatoms. The van der Waals surface area contributed by atoms with E-state index in [0.29, 0.717) is 22.5 Å². The Morgan fingerprint density at radius 3 is 2.57 bits per heavy atom. The first-order chi connectivity index (χ1) is 10.0. The van der Waals surface area contributed by atoms with Crippen LogP contribution in [0.25, 0.3) is 0 Å². The molecule has 2 N–H and O–H groups in total. The van der Waals surface area contributed by atoms with Crippen LogP contribution in [0.15, 0.2) is 41.3 Å². The lowest BCUT2D eigenvalue weighted by Gasteiger charge is -2.11. The second-order valence-electron chi connectivity index (χ2n) is 4.31. The van der Waals surface area contributed by atoms with Crippen molar-refractivity contribution in [1.82, 2.24) is 0 Å². The van der Waals surface area contributed by atoms with Crippen LogP contribution in [0.5, 0.6) is 5.75 Å². The van der Waals surface area contributed by atoms with Crippen LogP contribution in [0.2, 0.25) is 0 Å². The summed E-state index contributed by atoms with van der Waals surface area (Å²) in [7, 11) is -0.105. The first-order valence-corrected chi connectivity index (χ1v) is 7.10. The number of thioether (sulfide) groups is 1. The number of methoxy groups -OCH3 is 1. The molecule has 21 heavy (non-hydrogen) atoms. The fourth-order valence-electron chi connectivity index (χ4n) is 1.82. The third kappa shape index (κ3) is 3.97. The monoisotopic (exact) mass is 310 g/mol. The van der Waals surface area contributed by atoms with E-state index in [2.05, 4.69) is 0 Å². The highest BCUT2D eigenvalue weighted by Crippen LogP contribution is 2.29. The minimum atomic E-state index is -1.59. The second kappa shape index (κ2) is 6.93. The Morgan fingerprint density at radius 1 is 1.14 bits per heavy atom. The van der Waals surface area contributed by atoms with Gasteiger partial charge in [0.05, 0.1) is 7.11 Å². The predicted octanol–water partition coefficient (Wildman–Crippen LogP) is 1.95. The number of hydrogen-bond acceptors (Lipinski definition) is 4. The van der Waals surface area contributed by atoms with Crippen molar-refractivity contribution in [2.24, 2.45) is 0 Å². The zero-order valence-electron chi connectivity index (χ0n) is 11.2. The molecule has 0 aromatic heterocycles. The molecule has 0 aliphatic heterocycles. The van der Waals surface area contributed by atoms with Crippen LogP contribution in [-0.2, 0) is 5.75 Å². The van der Waals surface area contributed by atoms with Gasteiger partial charge in [0.25, 0.3) is 0 Å². The van der Waals surface area contributed by atoms with Crippen molar-refractivity contribution >= 4 is 24.3 Å². The normalized spacial score (nSPS) is 10.5. The molecular formula is C14H13BF2O3S. The molecule has 0 saturated carbocycles. The van der Waals surface area contributed by atoms with Crippen molar-refractivity contribution in [1.29, 1.82) is 0 Å². The van der Waals surface area contributed by atoms with E-state index in [1.54, 1.807) is 12.1 Å². The molecule has 0 amide bonds. The van der Waals surface area contributed by atoms with Gasteiger partial charge in [-0.3, -0.25) is 0 Å². The Labute approximate surface area is 125 Å². The lowest BCUT2D eigenvalue weighted by Crippen LogP contribution is -2.30. The largest absolute Gasteiger partial charge is 0.496 e. The smallest absolute Gasteiger partial charge is 0.488 e. The van der Waals surface area contributed by atoms with Gasteiger partial charge in [-0.2, -0.15) is 0 Å². The molecule has 2 rings (SSSR count). The molecule has 0 saturated heterocycles. The van der Waals surface area contributed by atoms with Crippen molar-refractivity contribution in [3.05, 3.63) is 53.6 Å². The molecule has 0 aliphatic carbocycles. The Kier molecular flexibility index (Phi) is 5.22. The molecule has 0 spiro atoms. The molecule has 2 aromatic carbocycles. The lowest BCUT2D eigenvalue weighted by atomic mass is 9.79. The van der Waals surface area contributed by atoms with Crippen LogP contribution >= 0.6 is 11.8 Å². The summed E-state index contributed by atoms with van der Waals surface area (Å²) in [5.41, 5.74) is 0.975. The highest BCUT2D eigenvalue weighted by molar-refractivity contribution is 7.98. The van der Waals surface area contributed by atoms with Gasteiger partial charge in [-0.25, -0.2) is 8.78 Å². The van der Waals surface area contributed by atoms with Crippen LogP contribution in [0, 0.1) is 11.6 Å². The molecule has 0 aliphatic rings. The maximum Gasteiger partial charge on any atom is 0.488 e. The quantitative estimate of drug-likeness (QED) is 0.655. The van der Waals surface area contributed by atoms with E-state index in [9.17, 15) is 18.8 Å². The molecule has 0 radical (unpaired) electrons. The van der Waals surface area contributed by atoms with E-state index < -0.39 is 18.8 Å². The second-order valence-corrected chi connectivity index (χ2v) is 5.33. The summed E-state index contributed by atoms with van der Waals surface area (Å²) in [5, 5.41) is 18.4. The van der Waals surface area contributed by atoms with Gasteiger partial charge in [0.15, 0.2) is 0 Å². The number of ether oxygens (including phenoxy) is 1. The molecule has 0 heterocycles. The summed E-state index contributed by atoms with van der Waals surface area (Å²) < 4.78 is 31.9. The van der Waals surface area contributed by atoms with Crippen molar-refractivity contribution in [3.8, 4) is 5.75 Å². The molecular weight excluding hydrogens is 297 g/mol. The van der Waals surface area contributed by atoms with Crippen molar-refractivity contribution in [2.45, 2.75) is 10.6 Å². The third-order valence-corrected chi connectivity index (χ3v) is 3.96. The summed E-state index contributed by atoms with van der Waals surface area (Å²) in [6, 6.07) is 7.95. The van der Waals surface area contributed by atoms with Gasteiger partial charge >= 0.3 is 7.12 Å². The average Bonchev–Trinajstić information content (AvgIpc) is 2.47. The van der Waals surface area contributed by atoms with Gasteiger partial charge in [0, 0.05) is 16.2 Å². The predicted molar refractivity (Wildman–Crippen MR) is 78.7 cm³/mol. The first kappa shape index (κ1) is 15.8. The molecule has 110 valence electrons. The number of halogens is 2. The van der Waals surface area contributed by atoms with Crippen molar-refractivity contribution in [2.75, 3.05) is 7.11 Å². The summed E-state index contributed by atoms with van der Waals surface area (Å²) in [4.78, 5) is 0.187.